The Labute approximate surface area is 212 Å². The molecule has 1 saturated heterocycles. The highest BCUT2D eigenvalue weighted by Crippen LogP contribution is 2.33. The number of halogens is 3. The number of rotatable bonds is 9. The SMILES string of the molecule is CC(=O)OC(C)(CC1CCN(c2nc(OCc3ccc(F)cc3F)c(Cl)c(=O)n2C(C)C)C1)C(N)=O. The van der Waals surface area contributed by atoms with Crippen LogP contribution in [0.1, 0.15) is 52.1 Å². The van der Waals surface area contributed by atoms with E-state index in [4.69, 9.17) is 26.8 Å². The summed E-state index contributed by atoms with van der Waals surface area (Å²) in [7, 11) is 0. The molecular weight excluding hydrogens is 498 g/mol. The van der Waals surface area contributed by atoms with Gasteiger partial charge in [-0.05, 0) is 45.2 Å². The lowest BCUT2D eigenvalue weighted by molar-refractivity contribution is -0.165. The molecule has 1 aliphatic rings. The number of esters is 1. The van der Waals surface area contributed by atoms with Gasteiger partial charge >= 0.3 is 5.97 Å². The first-order valence-corrected chi connectivity index (χ1v) is 11.8. The van der Waals surface area contributed by atoms with Gasteiger partial charge in [-0.15, -0.1) is 0 Å². The summed E-state index contributed by atoms with van der Waals surface area (Å²) in [5.41, 5.74) is 3.57. The molecule has 0 spiro atoms. The number of hydrogen-bond acceptors (Lipinski definition) is 7. The average Bonchev–Trinajstić information content (AvgIpc) is 3.22. The second kappa shape index (κ2) is 10.8. The Morgan fingerprint density at radius 2 is 2.03 bits per heavy atom. The van der Waals surface area contributed by atoms with Crippen molar-refractivity contribution in [3.8, 4) is 5.88 Å². The van der Waals surface area contributed by atoms with Crippen LogP contribution in [0.15, 0.2) is 23.0 Å². The minimum atomic E-state index is -1.47. The molecule has 2 heterocycles. The van der Waals surface area contributed by atoms with Crippen molar-refractivity contribution in [2.24, 2.45) is 11.7 Å². The predicted octanol–water partition coefficient (Wildman–Crippen LogP) is 3.36. The standard InChI is InChI=1S/C24H29ClF2N4O5/c1-13(2)31-21(33)19(25)20(35-12-16-5-6-17(26)9-18(16)27)29-23(31)30-8-7-15(11-30)10-24(4,22(28)34)36-14(3)32/h5-6,9,13,15H,7-8,10-12H2,1-4H3,(H2,28,34). The van der Waals surface area contributed by atoms with Gasteiger partial charge in [-0.2, -0.15) is 4.98 Å². The van der Waals surface area contributed by atoms with Gasteiger partial charge in [-0.3, -0.25) is 19.0 Å². The van der Waals surface area contributed by atoms with E-state index in [-0.39, 0.29) is 41.5 Å². The zero-order chi connectivity index (χ0) is 26.8. The molecule has 1 aromatic heterocycles. The zero-order valence-corrected chi connectivity index (χ0v) is 21.3. The molecule has 1 amide bonds. The quantitative estimate of drug-likeness (QED) is 0.498. The zero-order valence-electron chi connectivity index (χ0n) is 20.5. The van der Waals surface area contributed by atoms with Gasteiger partial charge in [0.2, 0.25) is 11.8 Å². The second-order valence-corrected chi connectivity index (χ2v) is 9.70. The summed E-state index contributed by atoms with van der Waals surface area (Å²) in [5, 5.41) is -0.262. The number of nitrogens with zero attached hydrogens (tertiary/aromatic N) is 3. The van der Waals surface area contributed by atoms with Gasteiger partial charge in [-0.25, -0.2) is 8.78 Å². The maximum absolute atomic E-state index is 14.0. The van der Waals surface area contributed by atoms with Gasteiger partial charge in [0, 0.05) is 44.1 Å². The number of aromatic nitrogens is 2. The smallest absolute Gasteiger partial charge is 0.303 e. The summed E-state index contributed by atoms with van der Waals surface area (Å²) >= 11 is 6.26. The van der Waals surface area contributed by atoms with Crippen molar-refractivity contribution in [3.63, 3.8) is 0 Å². The summed E-state index contributed by atoms with van der Waals surface area (Å²) in [5.74, 6) is -2.85. The van der Waals surface area contributed by atoms with Crippen molar-refractivity contribution in [1.29, 1.82) is 0 Å². The van der Waals surface area contributed by atoms with Gasteiger partial charge in [0.05, 0.1) is 0 Å². The summed E-state index contributed by atoms with van der Waals surface area (Å²) in [6.07, 6.45) is 0.822. The number of amides is 1. The fraction of sp³-hybridized carbons (Fsp3) is 0.500. The van der Waals surface area contributed by atoms with Crippen molar-refractivity contribution in [2.45, 2.75) is 58.8 Å². The Bertz CT molecular complexity index is 1220. The van der Waals surface area contributed by atoms with Crippen LogP contribution in [-0.2, 0) is 20.9 Å². The Hall–Kier alpha value is -3.21. The number of ether oxygens (including phenoxy) is 2. The Balaban J connectivity index is 1.88. The van der Waals surface area contributed by atoms with E-state index in [1.807, 2.05) is 4.90 Å². The van der Waals surface area contributed by atoms with Gasteiger partial charge in [0.25, 0.3) is 11.5 Å². The molecule has 2 N–H and O–H groups in total. The van der Waals surface area contributed by atoms with E-state index in [2.05, 4.69) is 4.98 Å². The maximum Gasteiger partial charge on any atom is 0.303 e. The molecule has 0 aliphatic carbocycles. The van der Waals surface area contributed by atoms with E-state index in [1.165, 1.54) is 24.5 Å². The highest BCUT2D eigenvalue weighted by atomic mass is 35.5. The number of hydrogen-bond donors (Lipinski definition) is 1. The van der Waals surface area contributed by atoms with Gasteiger partial charge in [0.1, 0.15) is 18.2 Å². The third-order valence-corrected chi connectivity index (χ3v) is 6.37. The maximum atomic E-state index is 14.0. The number of carbonyl (C=O) groups is 2. The average molecular weight is 527 g/mol. The number of benzene rings is 1. The van der Waals surface area contributed by atoms with Crippen LogP contribution in [0.3, 0.4) is 0 Å². The second-order valence-electron chi connectivity index (χ2n) is 9.32. The van der Waals surface area contributed by atoms with Crippen molar-refractivity contribution in [2.75, 3.05) is 18.0 Å². The molecule has 196 valence electrons. The lowest BCUT2D eigenvalue weighted by Crippen LogP contribution is -2.46. The van der Waals surface area contributed by atoms with Crippen molar-refractivity contribution in [1.82, 2.24) is 9.55 Å². The summed E-state index contributed by atoms with van der Waals surface area (Å²) in [4.78, 5) is 42.9. The third-order valence-electron chi connectivity index (χ3n) is 6.04. The van der Waals surface area contributed by atoms with Crippen molar-refractivity contribution < 1.29 is 27.8 Å². The molecule has 9 nitrogen and oxygen atoms in total. The first-order valence-electron chi connectivity index (χ1n) is 11.5. The largest absolute Gasteiger partial charge is 0.471 e. The van der Waals surface area contributed by atoms with E-state index in [0.717, 1.165) is 12.1 Å². The van der Waals surface area contributed by atoms with Gasteiger partial charge in [0.15, 0.2) is 10.6 Å². The molecule has 1 aromatic carbocycles. The fourth-order valence-corrected chi connectivity index (χ4v) is 4.48. The molecule has 0 bridgehead atoms. The van der Waals surface area contributed by atoms with E-state index < -0.39 is 34.7 Å². The van der Waals surface area contributed by atoms with E-state index in [9.17, 15) is 23.2 Å². The fourth-order valence-electron chi connectivity index (χ4n) is 4.29. The van der Waals surface area contributed by atoms with Crippen LogP contribution in [0.2, 0.25) is 5.02 Å². The van der Waals surface area contributed by atoms with Crippen LogP contribution in [0.5, 0.6) is 5.88 Å². The Morgan fingerprint density at radius 1 is 1.33 bits per heavy atom. The lowest BCUT2D eigenvalue weighted by Gasteiger charge is -2.29. The van der Waals surface area contributed by atoms with Gasteiger partial charge in [-0.1, -0.05) is 11.6 Å². The van der Waals surface area contributed by atoms with Crippen LogP contribution in [0, 0.1) is 17.6 Å². The monoisotopic (exact) mass is 526 g/mol. The number of carbonyl (C=O) groups excluding carboxylic acids is 2. The van der Waals surface area contributed by atoms with E-state index in [0.29, 0.717) is 25.5 Å². The molecule has 1 fully saturated rings. The molecule has 12 heteroatoms. The first kappa shape index (κ1) is 27.4. The molecule has 0 saturated carbocycles. The molecule has 0 radical (unpaired) electrons. The normalized spacial score (nSPS) is 17.2. The van der Waals surface area contributed by atoms with Gasteiger partial charge < -0.3 is 20.1 Å². The molecule has 2 atom stereocenters. The lowest BCUT2D eigenvalue weighted by atomic mass is 9.90. The highest BCUT2D eigenvalue weighted by molar-refractivity contribution is 6.31. The number of anilines is 1. The summed E-state index contributed by atoms with van der Waals surface area (Å²) in [6, 6.07) is 2.77. The van der Waals surface area contributed by atoms with Crippen LogP contribution < -0.4 is 20.9 Å². The molecule has 36 heavy (non-hydrogen) atoms. The molecule has 1 aliphatic heterocycles. The molecule has 3 rings (SSSR count). The summed E-state index contributed by atoms with van der Waals surface area (Å²) < 4.78 is 39.4. The van der Waals surface area contributed by atoms with Crippen LogP contribution in [0.4, 0.5) is 14.7 Å². The minimum Gasteiger partial charge on any atom is -0.471 e. The van der Waals surface area contributed by atoms with Crippen LogP contribution in [0.25, 0.3) is 0 Å². The number of primary amides is 1. The van der Waals surface area contributed by atoms with E-state index in [1.54, 1.807) is 13.8 Å². The minimum absolute atomic E-state index is 0.0706. The van der Waals surface area contributed by atoms with E-state index >= 15 is 0 Å². The topological polar surface area (TPSA) is 117 Å². The Kier molecular flexibility index (Phi) is 8.22. The number of nitrogens with two attached hydrogens (primary N) is 1. The van der Waals surface area contributed by atoms with Crippen LogP contribution in [-0.4, -0.2) is 40.1 Å². The Morgan fingerprint density at radius 3 is 2.61 bits per heavy atom. The molecule has 2 aromatic rings. The van der Waals surface area contributed by atoms with Crippen molar-refractivity contribution >= 4 is 29.4 Å². The summed E-state index contributed by atoms with van der Waals surface area (Å²) in [6.45, 7) is 6.87. The predicted molar refractivity (Wildman–Crippen MR) is 129 cm³/mol. The molecule has 2 unspecified atom stereocenters. The van der Waals surface area contributed by atoms with Crippen molar-refractivity contribution in [3.05, 3.63) is 50.8 Å². The van der Waals surface area contributed by atoms with Crippen LogP contribution >= 0.6 is 11.6 Å². The first-order chi connectivity index (χ1) is 16.8. The highest BCUT2D eigenvalue weighted by Gasteiger charge is 2.40. The molecular formula is C24H29ClF2N4O5. The third kappa shape index (κ3) is 5.95.